The Bertz CT molecular complexity index is 367. The van der Waals surface area contributed by atoms with Crippen LogP contribution in [0.3, 0.4) is 0 Å². The first kappa shape index (κ1) is 13.4. The standard InChI is InChI=1S/C12H20N4O/c1-3-5-9(4-2)15-12(17)11-8-10(16-13)6-7-14-11/h6-9H,3-5,13H2,1-2H3,(H,14,16)(H,15,17). The Labute approximate surface area is 102 Å². The number of nitrogens with two attached hydrogens (primary N) is 1. The molecule has 1 heterocycles. The van der Waals surface area contributed by atoms with Crippen LogP contribution in [0.15, 0.2) is 18.3 Å². The van der Waals surface area contributed by atoms with E-state index in [9.17, 15) is 4.79 Å². The van der Waals surface area contributed by atoms with Crippen LogP contribution in [0.5, 0.6) is 0 Å². The lowest BCUT2D eigenvalue weighted by Gasteiger charge is -2.15. The lowest BCUT2D eigenvalue weighted by Crippen LogP contribution is -2.34. The van der Waals surface area contributed by atoms with Crippen molar-refractivity contribution in [1.29, 1.82) is 0 Å². The number of hydrogen-bond donors (Lipinski definition) is 3. The molecule has 0 aliphatic heterocycles. The number of amides is 1. The summed E-state index contributed by atoms with van der Waals surface area (Å²) in [7, 11) is 0. The number of rotatable bonds is 6. The molecule has 0 fully saturated rings. The molecule has 1 aromatic rings. The molecule has 1 aromatic heterocycles. The van der Waals surface area contributed by atoms with Gasteiger partial charge in [-0.2, -0.15) is 0 Å². The van der Waals surface area contributed by atoms with Gasteiger partial charge in [0.25, 0.3) is 5.91 Å². The minimum absolute atomic E-state index is 0.151. The summed E-state index contributed by atoms with van der Waals surface area (Å²) in [5.74, 6) is 5.13. The fourth-order valence-corrected chi connectivity index (χ4v) is 1.63. The largest absolute Gasteiger partial charge is 0.348 e. The van der Waals surface area contributed by atoms with Crippen molar-refractivity contribution in [3.63, 3.8) is 0 Å². The van der Waals surface area contributed by atoms with Crippen LogP contribution in [0, 0.1) is 0 Å². The molecule has 1 rings (SSSR count). The Kier molecular flexibility index (Phi) is 5.42. The van der Waals surface area contributed by atoms with Gasteiger partial charge in [0.1, 0.15) is 5.69 Å². The van der Waals surface area contributed by atoms with Crippen LogP contribution in [0.4, 0.5) is 5.69 Å². The highest BCUT2D eigenvalue weighted by atomic mass is 16.1. The highest BCUT2D eigenvalue weighted by Crippen LogP contribution is 2.07. The molecule has 1 atom stereocenters. The summed E-state index contributed by atoms with van der Waals surface area (Å²) in [6.45, 7) is 4.16. The molecule has 0 bridgehead atoms. The van der Waals surface area contributed by atoms with E-state index in [1.54, 1.807) is 18.3 Å². The molecule has 0 aliphatic carbocycles. The van der Waals surface area contributed by atoms with E-state index >= 15 is 0 Å². The normalized spacial score (nSPS) is 11.9. The Morgan fingerprint density at radius 1 is 1.53 bits per heavy atom. The van der Waals surface area contributed by atoms with E-state index in [1.165, 1.54) is 0 Å². The number of hydrazine groups is 1. The smallest absolute Gasteiger partial charge is 0.270 e. The quantitative estimate of drug-likeness (QED) is 0.518. The maximum Gasteiger partial charge on any atom is 0.270 e. The number of nitrogens with zero attached hydrogens (tertiary/aromatic N) is 1. The summed E-state index contributed by atoms with van der Waals surface area (Å²) >= 11 is 0. The Morgan fingerprint density at radius 2 is 2.29 bits per heavy atom. The maximum absolute atomic E-state index is 11.9. The number of pyridine rings is 1. The molecular formula is C12H20N4O. The van der Waals surface area contributed by atoms with Crippen LogP contribution in [0.25, 0.3) is 0 Å². The second kappa shape index (κ2) is 6.85. The first-order valence-corrected chi connectivity index (χ1v) is 5.94. The lowest BCUT2D eigenvalue weighted by atomic mass is 10.1. The van der Waals surface area contributed by atoms with Gasteiger partial charge in [-0.05, 0) is 25.0 Å². The molecule has 4 N–H and O–H groups in total. The molecule has 94 valence electrons. The minimum atomic E-state index is -0.151. The van der Waals surface area contributed by atoms with Gasteiger partial charge in [-0.15, -0.1) is 0 Å². The molecule has 0 spiro atoms. The Hall–Kier alpha value is -1.62. The summed E-state index contributed by atoms with van der Waals surface area (Å²) in [6.07, 6.45) is 4.52. The van der Waals surface area contributed by atoms with Crippen LogP contribution in [-0.2, 0) is 0 Å². The number of nitrogen functional groups attached to an aromatic ring is 1. The van der Waals surface area contributed by atoms with Crippen LogP contribution in [0.1, 0.15) is 43.6 Å². The zero-order valence-electron chi connectivity index (χ0n) is 10.4. The molecule has 0 saturated carbocycles. The van der Waals surface area contributed by atoms with Crippen molar-refractivity contribution in [2.45, 2.75) is 39.2 Å². The van der Waals surface area contributed by atoms with Crippen molar-refractivity contribution in [1.82, 2.24) is 10.3 Å². The minimum Gasteiger partial charge on any atom is -0.348 e. The Morgan fingerprint density at radius 3 is 2.88 bits per heavy atom. The van der Waals surface area contributed by atoms with Crippen LogP contribution < -0.4 is 16.6 Å². The molecule has 0 radical (unpaired) electrons. The fourth-order valence-electron chi connectivity index (χ4n) is 1.63. The lowest BCUT2D eigenvalue weighted by molar-refractivity contribution is 0.0928. The zero-order valence-corrected chi connectivity index (χ0v) is 10.4. The summed E-state index contributed by atoms with van der Waals surface area (Å²) in [4.78, 5) is 15.9. The average Bonchev–Trinajstić information content (AvgIpc) is 2.38. The predicted octanol–water partition coefficient (Wildman–Crippen LogP) is 1.68. The molecule has 0 saturated heterocycles. The molecule has 17 heavy (non-hydrogen) atoms. The van der Waals surface area contributed by atoms with Gasteiger partial charge in [0.05, 0.1) is 5.69 Å². The summed E-state index contributed by atoms with van der Waals surface area (Å²) in [6, 6.07) is 3.55. The van der Waals surface area contributed by atoms with Crippen molar-refractivity contribution >= 4 is 11.6 Å². The molecule has 0 aromatic carbocycles. The van der Waals surface area contributed by atoms with Gasteiger partial charge in [0.15, 0.2) is 0 Å². The fraction of sp³-hybridized carbons (Fsp3) is 0.500. The van der Waals surface area contributed by atoms with Crippen molar-refractivity contribution in [3.8, 4) is 0 Å². The van der Waals surface area contributed by atoms with Gasteiger partial charge < -0.3 is 10.7 Å². The second-order valence-corrected chi connectivity index (χ2v) is 3.94. The number of carbonyl (C=O) groups is 1. The summed E-state index contributed by atoms with van der Waals surface area (Å²) in [5, 5.41) is 2.97. The van der Waals surface area contributed by atoms with Gasteiger partial charge in [-0.25, -0.2) is 0 Å². The van der Waals surface area contributed by atoms with Gasteiger partial charge in [-0.1, -0.05) is 20.3 Å². The molecule has 5 nitrogen and oxygen atoms in total. The molecule has 5 heteroatoms. The first-order valence-electron chi connectivity index (χ1n) is 5.94. The molecule has 0 aliphatic rings. The molecule has 1 unspecified atom stereocenters. The van der Waals surface area contributed by atoms with E-state index in [1.807, 2.05) is 0 Å². The van der Waals surface area contributed by atoms with Crippen molar-refractivity contribution < 1.29 is 4.79 Å². The third-order valence-electron chi connectivity index (χ3n) is 2.62. The number of nitrogens with one attached hydrogen (secondary N) is 2. The predicted molar refractivity (Wildman–Crippen MR) is 68.5 cm³/mol. The number of hydrogen-bond acceptors (Lipinski definition) is 4. The van der Waals surface area contributed by atoms with E-state index in [-0.39, 0.29) is 11.9 Å². The molecular weight excluding hydrogens is 216 g/mol. The van der Waals surface area contributed by atoms with Crippen LogP contribution in [0.2, 0.25) is 0 Å². The van der Waals surface area contributed by atoms with E-state index < -0.39 is 0 Å². The topological polar surface area (TPSA) is 80.0 Å². The van der Waals surface area contributed by atoms with E-state index in [2.05, 4.69) is 29.6 Å². The van der Waals surface area contributed by atoms with Crippen molar-refractivity contribution in [3.05, 3.63) is 24.0 Å². The van der Waals surface area contributed by atoms with Gasteiger partial charge in [0.2, 0.25) is 0 Å². The second-order valence-electron chi connectivity index (χ2n) is 3.94. The van der Waals surface area contributed by atoms with Crippen LogP contribution in [-0.4, -0.2) is 16.9 Å². The maximum atomic E-state index is 11.9. The van der Waals surface area contributed by atoms with Gasteiger partial charge >= 0.3 is 0 Å². The summed E-state index contributed by atoms with van der Waals surface area (Å²) < 4.78 is 0. The van der Waals surface area contributed by atoms with E-state index in [0.717, 1.165) is 19.3 Å². The zero-order chi connectivity index (χ0) is 12.7. The van der Waals surface area contributed by atoms with Crippen molar-refractivity contribution in [2.75, 3.05) is 5.43 Å². The number of carbonyl (C=O) groups excluding carboxylic acids is 1. The third-order valence-corrected chi connectivity index (χ3v) is 2.62. The molecule has 1 amide bonds. The number of aromatic nitrogens is 1. The van der Waals surface area contributed by atoms with E-state index in [0.29, 0.717) is 11.4 Å². The highest BCUT2D eigenvalue weighted by molar-refractivity contribution is 5.93. The SMILES string of the molecule is CCCC(CC)NC(=O)c1cc(NN)ccn1. The first-order chi connectivity index (χ1) is 8.21. The summed E-state index contributed by atoms with van der Waals surface area (Å²) in [5.41, 5.74) is 3.55. The van der Waals surface area contributed by atoms with Gasteiger partial charge in [0, 0.05) is 12.2 Å². The van der Waals surface area contributed by atoms with E-state index in [4.69, 9.17) is 5.84 Å². The third kappa shape index (κ3) is 4.03. The average molecular weight is 236 g/mol. The number of anilines is 1. The van der Waals surface area contributed by atoms with Gasteiger partial charge in [-0.3, -0.25) is 15.6 Å². The van der Waals surface area contributed by atoms with Crippen LogP contribution >= 0.6 is 0 Å². The van der Waals surface area contributed by atoms with Crippen molar-refractivity contribution in [2.24, 2.45) is 5.84 Å². The monoisotopic (exact) mass is 236 g/mol. The Balaban J connectivity index is 2.68. The highest BCUT2D eigenvalue weighted by Gasteiger charge is 2.12.